The number of nitrogens with zero attached hydrogens (tertiary/aromatic N) is 1. The van der Waals surface area contributed by atoms with Gasteiger partial charge >= 0.3 is 17.8 Å². The molecule has 0 radical (unpaired) electrons. The molecule has 0 spiro atoms. The van der Waals surface area contributed by atoms with Crippen molar-refractivity contribution in [3.05, 3.63) is 80.2 Å². The summed E-state index contributed by atoms with van der Waals surface area (Å²) >= 11 is 1.03. The predicted molar refractivity (Wildman–Crippen MR) is 147 cm³/mol. The van der Waals surface area contributed by atoms with Gasteiger partial charge in [-0.2, -0.15) is 26.3 Å². The lowest BCUT2D eigenvalue weighted by Crippen LogP contribution is -2.48. The highest BCUT2D eigenvalue weighted by molar-refractivity contribution is 7.12. The van der Waals surface area contributed by atoms with Crippen molar-refractivity contribution < 1.29 is 35.8 Å². The van der Waals surface area contributed by atoms with Crippen LogP contribution in [0, 0.1) is 32.6 Å². The summed E-state index contributed by atoms with van der Waals surface area (Å²) in [7, 11) is 4.48. The Morgan fingerprint density at radius 1 is 0.780 bits per heavy atom. The van der Waals surface area contributed by atoms with Gasteiger partial charge in [-0.25, -0.2) is 0 Å². The Balaban J connectivity index is 1.73. The first kappa shape index (κ1) is 28.9. The highest BCUT2D eigenvalue weighted by Crippen LogP contribution is 2.70. The van der Waals surface area contributed by atoms with E-state index in [4.69, 9.17) is 9.47 Å². The van der Waals surface area contributed by atoms with Gasteiger partial charge in [0.1, 0.15) is 11.5 Å². The van der Waals surface area contributed by atoms with Gasteiger partial charge in [0.25, 0.3) is 0 Å². The zero-order valence-corrected chi connectivity index (χ0v) is 24.0. The number of hydrogen-bond acceptors (Lipinski definition) is 3. The minimum absolute atomic E-state index is 0.164. The van der Waals surface area contributed by atoms with E-state index in [1.54, 1.807) is 48.0 Å². The van der Waals surface area contributed by atoms with E-state index in [9.17, 15) is 0 Å². The fourth-order valence-corrected chi connectivity index (χ4v) is 6.93. The number of aryl methyl sites for hydroxylation is 2. The van der Waals surface area contributed by atoms with Crippen molar-refractivity contribution in [2.75, 3.05) is 14.2 Å². The molecular weight excluding hydrogens is 564 g/mol. The first-order valence-corrected chi connectivity index (χ1v) is 13.5. The van der Waals surface area contributed by atoms with Crippen LogP contribution in [-0.4, -0.2) is 36.6 Å². The molecule has 0 aliphatic heterocycles. The molecule has 1 aliphatic rings. The zero-order chi connectivity index (χ0) is 30.1. The van der Waals surface area contributed by atoms with Crippen molar-refractivity contribution in [2.24, 2.45) is 7.05 Å². The van der Waals surface area contributed by atoms with Crippen LogP contribution in [0.5, 0.6) is 11.5 Å². The van der Waals surface area contributed by atoms with Crippen LogP contribution >= 0.6 is 11.3 Å². The molecule has 4 aromatic rings. The maximum absolute atomic E-state index is 15.8. The smallest absolute Gasteiger partial charge is 0.373 e. The van der Waals surface area contributed by atoms with Crippen LogP contribution in [0.2, 0.25) is 0 Å². The number of halogens is 6. The summed E-state index contributed by atoms with van der Waals surface area (Å²) in [6.07, 6.45) is 0. The van der Waals surface area contributed by atoms with E-state index in [1.165, 1.54) is 41.1 Å². The summed E-state index contributed by atoms with van der Waals surface area (Å²) < 4.78 is 105. The molecule has 0 amide bonds. The predicted octanol–water partition coefficient (Wildman–Crippen LogP) is 8.37. The van der Waals surface area contributed by atoms with Gasteiger partial charge in [-0.3, -0.25) is 0 Å². The van der Waals surface area contributed by atoms with Crippen LogP contribution in [0.1, 0.15) is 49.5 Å². The lowest BCUT2D eigenvalue weighted by atomic mass is 9.79. The van der Waals surface area contributed by atoms with Crippen LogP contribution < -0.4 is 9.47 Å². The standard InChI is InChI=1S/C31H27F6NO2S/c1-16-24(14-9-19-7-10-20(39-5)11-8-19)41-18(3)25(16)27-28(30(34,35)31(36,37)29(27,32)33)26-17(2)38(4)23-13-12-21(40-6)15-22(23)26/h7-8,10-13,15,27-28H,1-6H3. The number of fused-ring (bicyclic) bond motifs is 1. The van der Waals surface area contributed by atoms with Crippen molar-refractivity contribution in [1.82, 2.24) is 4.57 Å². The molecule has 2 atom stereocenters. The molecule has 5 rings (SSSR count). The average Bonchev–Trinajstić information content (AvgIpc) is 3.39. The molecule has 0 N–H and O–H groups in total. The summed E-state index contributed by atoms with van der Waals surface area (Å²) in [5.41, 5.74) is 0.967. The number of ether oxygens (including phenoxy) is 2. The van der Waals surface area contributed by atoms with Gasteiger partial charge in [0, 0.05) is 34.1 Å². The van der Waals surface area contributed by atoms with Crippen molar-refractivity contribution in [3.8, 4) is 23.3 Å². The molecule has 2 aromatic heterocycles. The molecule has 2 aromatic carbocycles. The third-order valence-electron chi connectivity index (χ3n) is 8.11. The second kappa shape index (κ2) is 9.76. The number of alkyl halides is 6. The van der Waals surface area contributed by atoms with E-state index in [1.807, 2.05) is 0 Å². The maximum Gasteiger partial charge on any atom is 0.373 e. The Labute approximate surface area is 237 Å². The van der Waals surface area contributed by atoms with Crippen molar-refractivity contribution in [2.45, 2.75) is 50.4 Å². The Kier molecular flexibility index (Phi) is 6.89. The molecule has 1 saturated carbocycles. The van der Waals surface area contributed by atoms with Gasteiger partial charge in [0.15, 0.2) is 0 Å². The fraction of sp³-hybridized carbons (Fsp3) is 0.355. The number of hydrogen-bond donors (Lipinski definition) is 0. The van der Waals surface area contributed by atoms with Gasteiger partial charge in [-0.1, -0.05) is 11.8 Å². The fourth-order valence-electron chi connectivity index (χ4n) is 5.87. The SMILES string of the molecule is COc1ccc(C#Cc2sc(C)c(C3C(c4c(C)n(C)c5ccc(OC)cc45)C(F)(F)C(F)(F)C3(F)F)c2C)cc1. The molecule has 1 fully saturated rings. The number of thiophene rings is 1. The molecule has 10 heteroatoms. The van der Waals surface area contributed by atoms with Gasteiger partial charge in [0.2, 0.25) is 0 Å². The van der Waals surface area contributed by atoms with E-state index in [0.717, 1.165) is 11.3 Å². The third kappa shape index (κ3) is 4.11. The summed E-state index contributed by atoms with van der Waals surface area (Å²) in [6.45, 7) is 4.42. The Hall–Kier alpha value is -3.58. The second-order valence-corrected chi connectivity index (χ2v) is 11.4. The Morgan fingerprint density at radius 2 is 1.34 bits per heavy atom. The number of methoxy groups -OCH3 is 2. The monoisotopic (exact) mass is 591 g/mol. The van der Waals surface area contributed by atoms with Crippen LogP contribution in [-0.2, 0) is 7.05 Å². The minimum Gasteiger partial charge on any atom is -0.497 e. The lowest BCUT2D eigenvalue weighted by molar-refractivity contribution is -0.275. The molecule has 2 heterocycles. The first-order valence-electron chi connectivity index (χ1n) is 12.7. The Morgan fingerprint density at radius 3 is 1.93 bits per heavy atom. The van der Waals surface area contributed by atoms with Crippen LogP contribution in [0.15, 0.2) is 42.5 Å². The molecule has 1 aliphatic carbocycles. The molecule has 0 bridgehead atoms. The maximum atomic E-state index is 15.8. The molecular formula is C31H27F6NO2S. The minimum atomic E-state index is -5.60. The summed E-state index contributed by atoms with van der Waals surface area (Å²) in [6, 6.07) is 11.5. The number of aromatic nitrogens is 1. The number of benzene rings is 2. The van der Waals surface area contributed by atoms with E-state index >= 15 is 26.3 Å². The Bertz CT molecular complexity index is 1710. The molecule has 0 saturated heterocycles. The molecule has 2 unspecified atom stereocenters. The van der Waals surface area contributed by atoms with E-state index in [2.05, 4.69) is 11.8 Å². The van der Waals surface area contributed by atoms with Gasteiger partial charge in [0.05, 0.1) is 30.9 Å². The topological polar surface area (TPSA) is 23.4 Å². The van der Waals surface area contributed by atoms with Crippen LogP contribution in [0.4, 0.5) is 26.3 Å². The highest BCUT2D eigenvalue weighted by Gasteiger charge is 2.85. The highest BCUT2D eigenvalue weighted by atomic mass is 32.1. The number of rotatable bonds is 4. The average molecular weight is 592 g/mol. The summed E-state index contributed by atoms with van der Waals surface area (Å²) in [4.78, 5) is 0.581. The zero-order valence-electron chi connectivity index (χ0n) is 23.1. The first-order chi connectivity index (χ1) is 19.2. The van der Waals surface area contributed by atoms with Gasteiger partial charge in [-0.15, -0.1) is 11.3 Å². The normalized spacial score (nSPS) is 20.6. The van der Waals surface area contributed by atoms with Crippen molar-refractivity contribution in [1.29, 1.82) is 0 Å². The van der Waals surface area contributed by atoms with E-state index < -0.39 is 29.6 Å². The van der Waals surface area contributed by atoms with E-state index in [0.29, 0.717) is 27.5 Å². The third-order valence-corrected chi connectivity index (χ3v) is 9.25. The van der Waals surface area contributed by atoms with Crippen LogP contribution in [0.25, 0.3) is 10.9 Å². The van der Waals surface area contributed by atoms with Crippen molar-refractivity contribution in [3.63, 3.8) is 0 Å². The quantitative estimate of drug-likeness (QED) is 0.176. The second-order valence-electron chi connectivity index (χ2n) is 10.2. The molecule has 41 heavy (non-hydrogen) atoms. The molecule has 3 nitrogen and oxygen atoms in total. The van der Waals surface area contributed by atoms with E-state index in [-0.39, 0.29) is 32.6 Å². The lowest BCUT2D eigenvalue weighted by Gasteiger charge is -2.26. The largest absolute Gasteiger partial charge is 0.497 e. The summed E-state index contributed by atoms with van der Waals surface area (Å²) in [5.74, 6) is -14.0. The van der Waals surface area contributed by atoms with Crippen LogP contribution in [0.3, 0.4) is 0 Å². The summed E-state index contributed by atoms with van der Waals surface area (Å²) in [5, 5.41) is 0.164. The molecule has 216 valence electrons. The van der Waals surface area contributed by atoms with Gasteiger partial charge < -0.3 is 14.0 Å². The van der Waals surface area contributed by atoms with Gasteiger partial charge in [-0.05, 0) is 79.9 Å². The van der Waals surface area contributed by atoms with Crippen molar-refractivity contribution >= 4 is 22.2 Å².